The SMILES string of the molecule is CCCCCNC(=O)CCCNC(=O)CN1CCN(CC(=O)O)CCN(CC(=O)O)CCN(CC(=O)O)CC1. The van der Waals surface area contributed by atoms with Gasteiger partial charge in [-0.2, -0.15) is 0 Å². The smallest absolute Gasteiger partial charge is 0.317 e. The van der Waals surface area contributed by atoms with Crippen LogP contribution in [0.4, 0.5) is 0 Å². The number of nitrogens with zero attached hydrogens (tertiary/aromatic N) is 4. The molecule has 224 valence electrons. The molecule has 0 aliphatic carbocycles. The number of carboxylic acid groups (broad SMARTS) is 3. The molecule has 0 bridgehead atoms. The Morgan fingerprint density at radius 3 is 1.28 bits per heavy atom. The lowest BCUT2D eigenvalue weighted by Crippen LogP contribution is -2.49. The van der Waals surface area contributed by atoms with Gasteiger partial charge in [-0.05, 0) is 12.8 Å². The molecule has 5 N–H and O–H groups in total. The number of hydrogen-bond donors (Lipinski definition) is 5. The fraction of sp³-hybridized carbons (Fsp3) is 0.800. The fourth-order valence-corrected chi connectivity index (χ4v) is 4.21. The van der Waals surface area contributed by atoms with E-state index >= 15 is 0 Å². The molecule has 14 heteroatoms. The number of carbonyl (C=O) groups is 5. The molecule has 0 aromatic heterocycles. The lowest BCUT2D eigenvalue weighted by molar-refractivity contribution is -0.140. The molecule has 0 aromatic rings. The van der Waals surface area contributed by atoms with Crippen LogP contribution in [0.25, 0.3) is 0 Å². The van der Waals surface area contributed by atoms with Crippen molar-refractivity contribution < 1.29 is 39.3 Å². The molecular weight excluding hydrogens is 512 g/mol. The van der Waals surface area contributed by atoms with Gasteiger partial charge in [0.15, 0.2) is 0 Å². The molecule has 0 spiro atoms. The zero-order valence-electron chi connectivity index (χ0n) is 23.1. The molecule has 1 rings (SSSR count). The Morgan fingerprint density at radius 2 is 0.897 bits per heavy atom. The fourth-order valence-electron chi connectivity index (χ4n) is 4.21. The lowest BCUT2D eigenvalue weighted by atomic mass is 10.2. The lowest BCUT2D eigenvalue weighted by Gasteiger charge is -2.32. The summed E-state index contributed by atoms with van der Waals surface area (Å²) in [7, 11) is 0. The van der Waals surface area contributed by atoms with Crippen molar-refractivity contribution in [2.75, 3.05) is 91.6 Å². The number of aliphatic carboxylic acids is 3. The summed E-state index contributed by atoms with van der Waals surface area (Å²) < 4.78 is 0. The predicted octanol–water partition coefficient (Wildman–Crippen LogP) is -1.34. The number of carbonyl (C=O) groups excluding carboxylic acids is 2. The van der Waals surface area contributed by atoms with Crippen molar-refractivity contribution >= 4 is 29.7 Å². The van der Waals surface area contributed by atoms with Gasteiger partial charge in [0.2, 0.25) is 11.8 Å². The third-order valence-electron chi connectivity index (χ3n) is 6.38. The van der Waals surface area contributed by atoms with Crippen molar-refractivity contribution in [3.8, 4) is 0 Å². The molecule has 14 nitrogen and oxygen atoms in total. The molecule has 1 aliphatic heterocycles. The molecule has 0 atom stereocenters. The summed E-state index contributed by atoms with van der Waals surface area (Å²) in [6.07, 6.45) is 3.93. The van der Waals surface area contributed by atoms with Crippen LogP contribution in [0.5, 0.6) is 0 Å². The second-order valence-corrected chi connectivity index (χ2v) is 9.80. The van der Waals surface area contributed by atoms with E-state index < -0.39 is 17.9 Å². The van der Waals surface area contributed by atoms with Gasteiger partial charge in [-0.3, -0.25) is 43.6 Å². The van der Waals surface area contributed by atoms with Crippen LogP contribution in [-0.4, -0.2) is 156 Å². The number of hydrogen-bond acceptors (Lipinski definition) is 9. The summed E-state index contributed by atoms with van der Waals surface area (Å²) in [6, 6.07) is 0. The predicted molar refractivity (Wildman–Crippen MR) is 143 cm³/mol. The number of unbranched alkanes of at least 4 members (excludes halogenated alkanes) is 2. The first-order valence-electron chi connectivity index (χ1n) is 13.7. The number of carboxylic acids is 3. The van der Waals surface area contributed by atoms with Crippen LogP contribution in [-0.2, 0) is 24.0 Å². The zero-order chi connectivity index (χ0) is 29.0. The monoisotopic (exact) mass is 558 g/mol. The maximum atomic E-state index is 12.6. The van der Waals surface area contributed by atoms with Gasteiger partial charge < -0.3 is 26.0 Å². The summed E-state index contributed by atoms with van der Waals surface area (Å²) in [5.41, 5.74) is 0. The minimum atomic E-state index is -1.01. The van der Waals surface area contributed by atoms with E-state index in [1.807, 2.05) is 4.90 Å². The summed E-state index contributed by atoms with van der Waals surface area (Å²) in [6.45, 7) is 5.20. The number of amides is 2. The van der Waals surface area contributed by atoms with Crippen molar-refractivity contribution in [2.24, 2.45) is 0 Å². The maximum absolute atomic E-state index is 12.6. The van der Waals surface area contributed by atoms with Crippen molar-refractivity contribution in [1.29, 1.82) is 0 Å². The van der Waals surface area contributed by atoms with Crippen molar-refractivity contribution in [2.45, 2.75) is 39.0 Å². The van der Waals surface area contributed by atoms with Gasteiger partial charge in [0.1, 0.15) is 0 Å². The highest BCUT2D eigenvalue weighted by molar-refractivity contribution is 5.78. The van der Waals surface area contributed by atoms with Gasteiger partial charge >= 0.3 is 17.9 Å². The Bertz CT molecular complexity index is 752. The third-order valence-corrected chi connectivity index (χ3v) is 6.38. The highest BCUT2D eigenvalue weighted by atomic mass is 16.4. The van der Waals surface area contributed by atoms with E-state index in [0.717, 1.165) is 19.3 Å². The normalized spacial score (nSPS) is 17.1. The van der Waals surface area contributed by atoms with Crippen LogP contribution in [0.15, 0.2) is 0 Å². The standard InChI is InChI=1S/C25H46N6O8/c1-2-3-4-7-26-21(32)6-5-8-27-22(33)17-28-9-11-29(18-23(34)35)13-15-31(20-25(38)39)16-14-30(12-10-28)19-24(36)37/h2-20H2,1H3,(H,26,32)(H,27,33)(H,34,35)(H,36,37)(H,38,39). The molecule has 1 heterocycles. The Labute approximate surface area is 230 Å². The second kappa shape index (κ2) is 20.1. The van der Waals surface area contributed by atoms with Gasteiger partial charge in [0, 0.05) is 71.9 Å². The Balaban J connectivity index is 2.70. The first kappa shape index (κ1) is 34.2. The third kappa shape index (κ3) is 18.2. The average Bonchev–Trinajstić information content (AvgIpc) is 2.85. The van der Waals surface area contributed by atoms with Gasteiger partial charge in [-0.25, -0.2) is 0 Å². The quantitative estimate of drug-likeness (QED) is 0.141. The van der Waals surface area contributed by atoms with Crippen molar-refractivity contribution in [1.82, 2.24) is 30.2 Å². The van der Waals surface area contributed by atoms with E-state index in [-0.39, 0.29) is 38.0 Å². The van der Waals surface area contributed by atoms with Gasteiger partial charge in [0.25, 0.3) is 0 Å². The van der Waals surface area contributed by atoms with E-state index in [1.165, 1.54) is 0 Å². The summed E-state index contributed by atoms with van der Waals surface area (Å²) in [4.78, 5) is 65.4. The molecule has 1 saturated heterocycles. The minimum absolute atomic E-state index is 0.0395. The first-order chi connectivity index (χ1) is 18.6. The highest BCUT2D eigenvalue weighted by Crippen LogP contribution is 2.02. The Morgan fingerprint density at radius 1 is 0.538 bits per heavy atom. The molecule has 0 aromatic carbocycles. The molecule has 0 unspecified atom stereocenters. The van der Waals surface area contributed by atoms with E-state index in [0.29, 0.717) is 78.3 Å². The molecule has 1 fully saturated rings. The largest absolute Gasteiger partial charge is 0.480 e. The maximum Gasteiger partial charge on any atom is 0.317 e. The Hall–Kier alpha value is -2.81. The van der Waals surface area contributed by atoms with Crippen LogP contribution >= 0.6 is 0 Å². The van der Waals surface area contributed by atoms with Crippen LogP contribution < -0.4 is 10.6 Å². The highest BCUT2D eigenvalue weighted by Gasteiger charge is 2.21. The number of rotatable bonds is 16. The minimum Gasteiger partial charge on any atom is -0.480 e. The molecular formula is C25H46N6O8. The molecule has 1 aliphatic rings. The van der Waals surface area contributed by atoms with Crippen molar-refractivity contribution in [3.05, 3.63) is 0 Å². The topological polar surface area (TPSA) is 183 Å². The summed E-state index contributed by atoms with van der Waals surface area (Å²) in [5.74, 6) is -3.28. The first-order valence-corrected chi connectivity index (χ1v) is 13.7. The van der Waals surface area contributed by atoms with E-state index in [9.17, 15) is 39.3 Å². The average molecular weight is 559 g/mol. The van der Waals surface area contributed by atoms with Crippen molar-refractivity contribution in [3.63, 3.8) is 0 Å². The van der Waals surface area contributed by atoms with Crippen LogP contribution in [0, 0.1) is 0 Å². The molecule has 2 amide bonds. The van der Waals surface area contributed by atoms with Gasteiger partial charge in [-0.1, -0.05) is 19.8 Å². The molecule has 0 radical (unpaired) electrons. The summed E-state index contributed by atoms with van der Waals surface area (Å²) in [5, 5.41) is 33.5. The van der Waals surface area contributed by atoms with Crippen LogP contribution in [0.3, 0.4) is 0 Å². The second-order valence-electron chi connectivity index (χ2n) is 9.80. The van der Waals surface area contributed by atoms with E-state index in [2.05, 4.69) is 17.6 Å². The van der Waals surface area contributed by atoms with E-state index in [4.69, 9.17) is 0 Å². The van der Waals surface area contributed by atoms with Gasteiger partial charge in [0.05, 0.1) is 26.2 Å². The molecule has 39 heavy (non-hydrogen) atoms. The van der Waals surface area contributed by atoms with Crippen LogP contribution in [0.2, 0.25) is 0 Å². The van der Waals surface area contributed by atoms with Gasteiger partial charge in [-0.15, -0.1) is 0 Å². The summed E-state index contributed by atoms with van der Waals surface area (Å²) >= 11 is 0. The molecule has 0 saturated carbocycles. The van der Waals surface area contributed by atoms with E-state index in [1.54, 1.807) is 14.7 Å². The van der Waals surface area contributed by atoms with Crippen LogP contribution in [0.1, 0.15) is 39.0 Å². The zero-order valence-corrected chi connectivity index (χ0v) is 23.1. The number of nitrogens with one attached hydrogen (secondary N) is 2. The Kier molecular flexibility index (Phi) is 17.7.